The molecule has 2 aromatic carbocycles. The van der Waals surface area contributed by atoms with Gasteiger partial charge in [-0.15, -0.1) is 0 Å². The van der Waals surface area contributed by atoms with Crippen LogP contribution in [0.1, 0.15) is 24.1 Å². The van der Waals surface area contributed by atoms with Crippen LogP contribution in [0.25, 0.3) is 0 Å². The summed E-state index contributed by atoms with van der Waals surface area (Å²) < 4.78 is 6.76. The number of carbonyl (C=O) groups is 3. The summed E-state index contributed by atoms with van der Waals surface area (Å²) in [5, 5.41) is 9.71. The zero-order valence-corrected chi connectivity index (χ0v) is 18.3. The van der Waals surface area contributed by atoms with Crippen LogP contribution in [-0.2, 0) is 21.7 Å². The topological polar surface area (TPSA) is 118 Å². The first-order valence-electron chi connectivity index (χ1n) is 10.4. The highest BCUT2D eigenvalue weighted by Crippen LogP contribution is 2.30. The van der Waals surface area contributed by atoms with Crippen molar-refractivity contribution in [3.8, 4) is 5.75 Å². The number of nitrogens with one attached hydrogen (secondary N) is 2. The average Bonchev–Trinajstić information content (AvgIpc) is 3.42. The molecular formula is C23H24N6O4. The maximum atomic E-state index is 13.1. The SMILES string of the molecule is COc1ccc(C2(C)NC(=O)N(CC(=O)NC(Cn3cncn3)c3ccccc3)C2=O)cc1. The van der Waals surface area contributed by atoms with Gasteiger partial charge in [0.2, 0.25) is 5.91 Å². The zero-order chi connectivity index (χ0) is 23.4. The second kappa shape index (κ2) is 9.11. The maximum Gasteiger partial charge on any atom is 0.325 e. The molecule has 2 unspecified atom stereocenters. The van der Waals surface area contributed by atoms with Crippen LogP contribution in [-0.4, -0.2) is 51.2 Å². The lowest BCUT2D eigenvalue weighted by Gasteiger charge is -2.23. The molecule has 170 valence electrons. The van der Waals surface area contributed by atoms with Crippen molar-refractivity contribution in [2.75, 3.05) is 13.7 Å². The van der Waals surface area contributed by atoms with Crippen LogP contribution >= 0.6 is 0 Å². The smallest absolute Gasteiger partial charge is 0.325 e. The van der Waals surface area contributed by atoms with Crippen molar-refractivity contribution in [2.24, 2.45) is 0 Å². The summed E-state index contributed by atoms with van der Waals surface area (Å²) in [6, 6.07) is 15.2. The number of imide groups is 1. The Labute approximate surface area is 190 Å². The third kappa shape index (κ3) is 4.54. The molecule has 10 heteroatoms. The van der Waals surface area contributed by atoms with Crippen LogP contribution in [0.5, 0.6) is 5.75 Å². The number of rotatable bonds is 8. The van der Waals surface area contributed by atoms with E-state index >= 15 is 0 Å². The molecule has 1 saturated heterocycles. The van der Waals surface area contributed by atoms with Gasteiger partial charge in [0.1, 0.15) is 30.5 Å². The van der Waals surface area contributed by atoms with E-state index in [1.165, 1.54) is 6.33 Å². The van der Waals surface area contributed by atoms with Crippen LogP contribution in [0.15, 0.2) is 67.3 Å². The highest BCUT2D eigenvalue weighted by Gasteiger charge is 2.49. The summed E-state index contributed by atoms with van der Waals surface area (Å²) in [6.07, 6.45) is 2.97. The summed E-state index contributed by atoms with van der Waals surface area (Å²) in [7, 11) is 1.55. The van der Waals surface area contributed by atoms with Gasteiger partial charge in [-0.25, -0.2) is 9.78 Å². The number of carbonyl (C=O) groups excluding carboxylic acids is 3. The Bertz CT molecular complexity index is 1130. The van der Waals surface area contributed by atoms with Gasteiger partial charge in [0, 0.05) is 0 Å². The molecule has 4 amide bonds. The Hall–Kier alpha value is -4.21. The molecule has 0 bridgehead atoms. The largest absolute Gasteiger partial charge is 0.497 e. The molecule has 2 N–H and O–H groups in total. The Balaban J connectivity index is 1.48. The molecule has 0 spiro atoms. The van der Waals surface area contributed by atoms with Crippen molar-refractivity contribution >= 4 is 17.8 Å². The van der Waals surface area contributed by atoms with Gasteiger partial charge in [-0.3, -0.25) is 19.2 Å². The van der Waals surface area contributed by atoms with E-state index in [-0.39, 0.29) is 0 Å². The van der Waals surface area contributed by atoms with Gasteiger partial charge in [-0.2, -0.15) is 5.10 Å². The molecule has 2 atom stereocenters. The normalized spacial score (nSPS) is 18.7. The fourth-order valence-electron chi connectivity index (χ4n) is 3.78. The molecule has 0 radical (unpaired) electrons. The molecule has 1 aromatic heterocycles. The lowest BCUT2D eigenvalue weighted by atomic mass is 9.92. The highest BCUT2D eigenvalue weighted by atomic mass is 16.5. The van der Waals surface area contributed by atoms with Crippen LogP contribution in [0.2, 0.25) is 0 Å². The van der Waals surface area contributed by atoms with E-state index in [0.29, 0.717) is 17.9 Å². The van der Waals surface area contributed by atoms with Crippen LogP contribution in [0.4, 0.5) is 4.79 Å². The summed E-state index contributed by atoms with van der Waals surface area (Å²) >= 11 is 0. The number of nitrogens with zero attached hydrogens (tertiary/aromatic N) is 4. The van der Waals surface area contributed by atoms with Crippen molar-refractivity contribution in [3.63, 3.8) is 0 Å². The third-order valence-electron chi connectivity index (χ3n) is 5.62. The Morgan fingerprint density at radius 3 is 2.52 bits per heavy atom. The molecule has 4 rings (SSSR count). The predicted octanol–water partition coefficient (Wildman–Crippen LogP) is 1.61. The standard InChI is InChI=1S/C23H24N6O4/c1-23(17-8-10-18(33-2)11-9-17)21(31)29(22(32)27-23)13-20(30)26-19(12-28-15-24-14-25-28)16-6-4-3-5-7-16/h3-11,14-15,19H,12-13H2,1-2H3,(H,26,30)(H,27,32). The molecule has 1 aliphatic heterocycles. The predicted molar refractivity (Wildman–Crippen MR) is 118 cm³/mol. The van der Waals surface area contributed by atoms with Crippen LogP contribution in [0.3, 0.4) is 0 Å². The minimum absolute atomic E-state index is 0.347. The first kappa shape index (κ1) is 22.0. The van der Waals surface area contributed by atoms with Gasteiger partial charge in [-0.1, -0.05) is 42.5 Å². The number of benzene rings is 2. The first-order chi connectivity index (χ1) is 15.9. The number of methoxy groups -OCH3 is 1. The molecule has 0 saturated carbocycles. The Kier molecular flexibility index (Phi) is 6.07. The van der Waals surface area contributed by atoms with E-state index < -0.39 is 36.0 Å². The summed E-state index contributed by atoms with van der Waals surface area (Å²) in [4.78, 5) is 43.5. The highest BCUT2D eigenvalue weighted by molar-refractivity contribution is 6.09. The second-order valence-electron chi connectivity index (χ2n) is 7.82. The van der Waals surface area contributed by atoms with Crippen molar-refractivity contribution in [1.29, 1.82) is 0 Å². The van der Waals surface area contributed by atoms with Gasteiger partial charge in [-0.05, 0) is 30.2 Å². The summed E-state index contributed by atoms with van der Waals surface area (Å²) in [5.74, 6) is -0.332. The fraction of sp³-hybridized carbons (Fsp3) is 0.261. The number of aromatic nitrogens is 3. The van der Waals surface area contributed by atoms with E-state index in [9.17, 15) is 14.4 Å². The Morgan fingerprint density at radius 1 is 1.15 bits per heavy atom. The number of hydrogen-bond donors (Lipinski definition) is 2. The quantitative estimate of drug-likeness (QED) is 0.506. The van der Waals surface area contributed by atoms with Crippen molar-refractivity contribution in [1.82, 2.24) is 30.3 Å². The van der Waals surface area contributed by atoms with E-state index in [4.69, 9.17) is 4.74 Å². The lowest BCUT2D eigenvalue weighted by molar-refractivity contribution is -0.135. The maximum absolute atomic E-state index is 13.1. The van der Waals surface area contributed by atoms with Gasteiger partial charge in [0.05, 0.1) is 19.7 Å². The van der Waals surface area contributed by atoms with Crippen LogP contribution < -0.4 is 15.4 Å². The average molecular weight is 448 g/mol. The van der Waals surface area contributed by atoms with Gasteiger partial charge in [0.15, 0.2) is 0 Å². The Morgan fingerprint density at radius 2 is 1.88 bits per heavy atom. The second-order valence-corrected chi connectivity index (χ2v) is 7.82. The number of amides is 4. The number of urea groups is 1. The molecule has 33 heavy (non-hydrogen) atoms. The van der Waals surface area contributed by atoms with Crippen LogP contribution in [0, 0.1) is 0 Å². The number of hydrogen-bond acceptors (Lipinski definition) is 6. The third-order valence-corrected chi connectivity index (χ3v) is 5.62. The van der Waals surface area contributed by atoms with E-state index in [0.717, 1.165) is 10.5 Å². The van der Waals surface area contributed by atoms with E-state index in [2.05, 4.69) is 20.7 Å². The minimum Gasteiger partial charge on any atom is -0.497 e. The fourth-order valence-corrected chi connectivity index (χ4v) is 3.78. The molecular weight excluding hydrogens is 424 g/mol. The van der Waals surface area contributed by atoms with E-state index in [1.807, 2.05) is 30.3 Å². The first-order valence-corrected chi connectivity index (χ1v) is 10.4. The van der Waals surface area contributed by atoms with Gasteiger partial charge < -0.3 is 15.4 Å². The number of ether oxygens (including phenoxy) is 1. The molecule has 1 aliphatic rings. The van der Waals surface area contributed by atoms with Crippen molar-refractivity contribution in [2.45, 2.75) is 25.0 Å². The molecule has 10 nitrogen and oxygen atoms in total. The summed E-state index contributed by atoms with van der Waals surface area (Å²) in [5.41, 5.74) is 0.183. The van der Waals surface area contributed by atoms with Crippen molar-refractivity contribution in [3.05, 3.63) is 78.4 Å². The molecule has 0 aliphatic carbocycles. The van der Waals surface area contributed by atoms with E-state index in [1.54, 1.807) is 49.3 Å². The molecule has 3 aromatic rings. The molecule has 2 heterocycles. The monoisotopic (exact) mass is 448 g/mol. The zero-order valence-electron chi connectivity index (χ0n) is 18.3. The molecule has 1 fully saturated rings. The van der Waals surface area contributed by atoms with Gasteiger partial charge >= 0.3 is 6.03 Å². The minimum atomic E-state index is -1.27. The lowest BCUT2D eigenvalue weighted by Crippen LogP contribution is -2.44. The van der Waals surface area contributed by atoms with Crippen molar-refractivity contribution < 1.29 is 19.1 Å². The summed E-state index contributed by atoms with van der Waals surface area (Å²) in [6.45, 7) is 1.56. The van der Waals surface area contributed by atoms with Gasteiger partial charge in [0.25, 0.3) is 5.91 Å².